The summed E-state index contributed by atoms with van der Waals surface area (Å²) in [5.41, 5.74) is 5.21. The first kappa shape index (κ1) is 9.70. The van der Waals surface area contributed by atoms with Crippen LogP contribution >= 0.6 is 27.3 Å². The molecule has 12 heavy (non-hydrogen) atoms. The number of Topliss-reactive ketones (excluding diaryl/α,β-unsaturated/α-hetero) is 1. The van der Waals surface area contributed by atoms with Crippen LogP contribution in [0.4, 0.5) is 0 Å². The Bertz CT molecular complexity index is 298. The SMILES string of the molecule is COc1sc(C(=O)CN)cc1Br. The number of methoxy groups -OCH3 is 1. The van der Waals surface area contributed by atoms with Gasteiger partial charge in [0.05, 0.1) is 23.0 Å². The zero-order valence-corrected chi connectivity index (χ0v) is 8.87. The highest BCUT2D eigenvalue weighted by atomic mass is 79.9. The molecule has 0 spiro atoms. The number of thiophene rings is 1. The van der Waals surface area contributed by atoms with E-state index in [1.54, 1.807) is 13.2 Å². The van der Waals surface area contributed by atoms with Gasteiger partial charge in [0.2, 0.25) is 0 Å². The van der Waals surface area contributed by atoms with Crippen molar-refractivity contribution in [3.8, 4) is 5.06 Å². The number of ether oxygens (including phenoxy) is 1. The second-order valence-electron chi connectivity index (χ2n) is 2.08. The van der Waals surface area contributed by atoms with E-state index in [1.165, 1.54) is 11.3 Å². The van der Waals surface area contributed by atoms with Crippen LogP contribution in [0.3, 0.4) is 0 Å². The van der Waals surface area contributed by atoms with Crippen LogP contribution in [-0.2, 0) is 0 Å². The molecule has 0 bridgehead atoms. The molecular weight excluding hydrogens is 242 g/mol. The monoisotopic (exact) mass is 249 g/mol. The molecule has 0 saturated carbocycles. The second kappa shape index (κ2) is 4.02. The topological polar surface area (TPSA) is 52.3 Å². The highest BCUT2D eigenvalue weighted by Gasteiger charge is 2.11. The van der Waals surface area contributed by atoms with E-state index in [0.29, 0.717) is 9.94 Å². The van der Waals surface area contributed by atoms with Crippen LogP contribution in [0.15, 0.2) is 10.5 Å². The van der Waals surface area contributed by atoms with E-state index in [9.17, 15) is 4.79 Å². The first-order valence-electron chi connectivity index (χ1n) is 3.25. The first-order chi connectivity index (χ1) is 5.69. The fourth-order valence-electron chi connectivity index (χ4n) is 0.729. The number of rotatable bonds is 3. The van der Waals surface area contributed by atoms with Gasteiger partial charge in [0.25, 0.3) is 0 Å². The lowest BCUT2D eigenvalue weighted by Gasteiger charge is -1.91. The lowest BCUT2D eigenvalue weighted by atomic mass is 10.3. The van der Waals surface area contributed by atoms with E-state index >= 15 is 0 Å². The van der Waals surface area contributed by atoms with E-state index in [2.05, 4.69) is 15.9 Å². The molecule has 5 heteroatoms. The second-order valence-corrected chi connectivity index (χ2v) is 3.95. The standard InChI is InChI=1S/C7H8BrNO2S/c1-11-7-4(8)2-6(12-7)5(10)3-9/h2H,3,9H2,1H3. The minimum Gasteiger partial charge on any atom is -0.486 e. The van der Waals surface area contributed by atoms with Crippen LogP contribution in [-0.4, -0.2) is 19.4 Å². The number of nitrogens with two attached hydrogens (primary N) is 1. The van der Waals surface area contributed by atoms with Gasteiger partial charge in [-0.3, -0.25) is 4.79 Å². The van der Waals surface area contributed by atoms with E-state index in [0.717, 1.165) is 4.47 Å². The molecule has 0 fully saturated rings. The quantitative estimate of drug-likeness (QED) is 0.830. The summed E-state index contributed by atoms with van der Waals surface area (Å²) >= 11 is 4.56. The maximum atomic E-state index is 11.1. The minimum atomic E-state index is -0.0657. The number of halogens is 1. The Balaban J connectivity index is 2.96. The minimum absolute atomic E-state index is 0.0378. The third kappa shape index (κ3) is 1.85. The lowest BCUT2D eigenvalue weighted by Crippen LogP contribution is -2.11. The Labute approximate surface area is 82.6 Å². The van der Waals surface area contributed by atoms with Crippen molar-refractivity contribution in [2.45, 2.75) is 0 Å². The molecule has 1 heterocycles. The largest absolute Gasteiger partial charge is 0.486 e. The van der Waals surface area contributed by atoms with Crippen LogP contribution in [0, 0.1) is 0 Å². The summed E-state index contributed by atoms with van der Waals surface area (Å²) in [7, 11) is 1.56. The predicted octanol–water partition coefficient (Wildman–Crippen LogP) is 1.66. The van der Waals surface area contributed by atoms with Crippen molar-refractivity contribution in [1.82, 2.24) is 0 Å². The van der Waals surface area contributed by atoms with E-state index in [-0.39, 0.29) is 12.3 Å². The lowest BCUT2D eigenvalue weighted by molar-refractivity contribution is 0.100. The Morgan fingerprint density at radius 1 is 1.83 bits per heavy atom. The molecule has 2 N–H and O–H groups in total. The van der Waals surface area contributed by atoms with Gasteiger partial charge >= 0.3 is 0 Å². The van der Waals surface area contributed by atoms with Gasteiger partial charge in [0, 0.05) is 0 Å². The highest BCUT2D eigenvalue weighted by Crippen LogP contribution is 2.34. The third-order valence-corrected chi connectivity index (χ3v) is 3.29. The average Bonchev–Trinajstić information content (AvgIpc) is 2.45. The summed E-state index contributed by atoms with van der Waals surface area (Å²) in [5, 5.41) is 0.701. The summed E-state index contributed by atoms with van der Waals surface area (Å²) in [6, 6.07) is 1.72. The van der Waals surface area contributed by atoms with Crippen LogP contribution in [0.2, 0.25) is 0 Å². The molecule has 3 nitrogen and oxygen atoms in total. The summed E-state index contributed by atoms with van der Waals surface area (Å²) in [5.74, 6) is -0.0657. The predicted molar refractivity (Wildman–Crippen MR) is 52.0 cm³/mol. The zero-order chi connectivity index (χ0) is 9.14. The van der Waals surface area contributed by atoms with Gasteiger partial charge in [0.15, 0.2) is 10.8 Å². The van der Waals surface area contributed by atoms with Crippen LogP contribution in [0.1, 0.15) is 9.67 Å². The van der Waals surface area contributed by atoms with Crippen molar-refractivity contribution >= 4 is 33.0 Å². The summed E-state index contributed by atoms with van der Waals surface area (Å²) in [6.45, 7) is 0.0378. The Morgan fingerprint density at radius 3 is 2.92 bits per heavy atom. The Kier molecular flexibility index (Phi) is 3.25. The first-order valence-corrected chi connectivity index (χ1v) is 4.86. The summed E-state index contributed by atoms with van der Waals surface area (Å²) in [4.78, 5) is 11.7. The van der Waals surface area contributed by atoms with Crippen molar-refractivity contribution in [3.63, 3.8) is 0 Å². The van der Waals surface area contributed by atoms with Gasteiger partial charge < -0.3 is 10.5 Å². The van der Waals surface area contributed by atoms with E-state index < -0.39 is 0 Å². The Hall–Kier alpha value is -0.390. The third-order valence-electron chi connectivity index (χ3n) is 1.30. The maximum Gasteiger partial charge on any atom is 0.188 e. The van der Waals surface area contributed by atoms with Gasteiger partial charge in [-0.15, -0.1) is 0 Å². The zero-order valence-electron chi connectivity index (χ0n) is 6.46. The van der Waals surface area contributed by atoms with Gasteiger partial charge in [-0.05, 0) is 22.0 Å². The van der Waals surface area contributed by atoms with Crippen molar-refractivity contribution in [1.29, 1.82) is 0 Å². The summed E-state index contributed by atoms with van der Waals surface area (Å²) in [6.07, 6.45) is 0. The molecular formula is C7H8BrNO2S. The number of ketones is 1. The fourth-order valence-corrected chi connectivity index (χ4v) is 2.33. The summed E-state index contributed by atoms with van der Waals surface area (Å²) < 4.78 is 5.80. The van der Waals surface area contributed by atoms with Crippen molar-refractivity contribution < 1.29 is 9.53 Å². The van der Waals surface area contributed by atoms with E-state index in [1.807, 2.05) is 0 Å². The molecule has 0 aromatic carbocycles. The van der Waals surface area contributed by atoms with Crippen LogP contribution in [0.5, 0.6) is 5.06 Å². The molecule has 0 aliphatic rings. The molecule has 1 rings (SSSR count). The molecule has 0 atom stereocenters. The number of carbonyl (C=O) groups is 1. The van der Waals surface area contributed by atoms with Crippen molar-refractivity contribution in [2.24, 2.45) is 5.73 Å². The molecule has 0 aliphatic carbocycles. The maximum absolute atomic E-state index is 11.1. The molecule has 0 saturated heterocycles. The number of carbonyl (C=O) groups excluding carboxylic acids is 1. The van der Waals surface area contributed by atoms with Crippen molar-refractivity contribution in [3.05, 3.63) is 15.4 Å². The van der Waals surface area contributed by atoms with Gasteiger partial charge in [-0.2, -0.15) is 0 Å². The number of hydrogen-bond acceptors (Lipinski definition) is 4. The molecule has 1 aromatic rings. The van der Waals surface area contributed by atoms with Gasteiger partial charge in [-0.25, -0.2) is 0 Å². The smallest absolute Gasteiger partial charge is 0.188 e. The fraction of sp³-hybridized carbons (Fsp3) is 0.286. The van der Waals surface area contributed by atoms with Gasteiger partial charge in [-0.1, -0.05) is 11.3 Å². The Morgan fingerprint density at radius 2 is 2.50 bits per heavy atom. The normalized spacial score (nSPS) is 9.92. The van der Waals surface area contributed by atoms with Crippen molar-refractivity contribution in [2.75, 3.05) is 13.7 Å². The highest BCUT2D eigenvalue weighted by molar-refractivity contribution is 9.10. The molecule has 66 valence electrons. The molecule has 0 amide bonds. The molecule has 0 aliphatic heterocycles. The van der Waals surface area contributed by atoms with Gasteiger partial charge in [0.1, 0.15) is 0 Å². The number of hydrogen-bond donors (Lipinski definition) is 1. The molecule has 0 radical (unpaired) electrons. The van der Waals surface area contributed by atoms with Crippen LogP contribution < -0.4 is 10.5 Å². The average molecular weight is 250 g/mol. The van der Waals surface area contributed by atoms with E-state index in [4.69, 9.17) is 10.5 Å². The molecule has 1 aromatic heterocycles. The molecule has 0 unspecified atom stereocenters. The van der Waals surface area contributed by atoms with Crippen LogP contribution in [0.25, 0.3) is 0 Å².